The number of amides is 1. The number of hydrogen-bond acceptors (Lipinski definition) is 3. The van der Waals surface area contributed by atoms with Crippen molar-refractivity contribution in [1.29, 1.82) is 5.26 Å². The molecule has 0 radical (unpaired) electrons. The van der Waals surface area contributed by atoms with Crippen LogP contribution >= 0.6 is 11.6 Å². The van der Waals surface area contributed by atoms with Gasteiger partial charge >= 0.3 is 0 Å². The Hall–Kier alpha value is -2.45. The monoisotopic (exact) mass is 289 g/mol. The van der Waals surface area contributed by atoms with E-state index in [0.29, 0.717) is 0 Å². The van der Waals surface area contributed by atoms with Crippen molar-refractivity contribution in [3.63, 3.8) is 0 Å². The molecule has 0 spiro atoms. The Morgan fingerprint density at radius 3 is 2.85 bits per heavy atom. The number of halogens is 2. The van der Waals surface area contributed by atoms with Gasteiger partial charge in [-0.05, 0) is 31.2 Å². The molecule has 0 aliphatic carbocycles. The second-order valence-corrected chi connectivity index (χ2v) is 4.43. The van der Waals surface area contributed by atoms with E-state index in [1.165, 1.54) is 19.1 Å². The summed E-state index contributed by atoms with van der Waals surface area (Å²) in [5, 5.41) is 11.5. The highest BCUT2D eigenvalue weighted by Crippen LogP contribution is 2.21. The van der Waals surface area contributed by atoms with Crippen molar-refractivity contribution in [2.75, 3.05) is 5.32 Å². The van der Waals surface area contributed by atoms with Crippen molar-refractivity contribution in [3.8, 4) is 6.07 Å². The molecule has 0 aliphatic rings. The lowest BCUT2D eigenvalue weighted by atomic mass is 10.1. The number of carbonyl (C=O) groups is 1. The molecule has 4 nitrogen and oxygen atoms in total. The van der Waals surface area contributed by atoms with Gasteiger partial charge < -0.3 is 5.32 Å². The van der Waals surface area contributed by atoms with E-state index >= 15 is 0 Å². The molecule has 1 aromatic carbocycles. The molecule has 1 aromatic heterocycles. The number of rotatable bonds is 2. The molecule has 1 amide bonds. The number of benzene rings is 1. The van der Waals surface area contributed by atoms with E-state index in [4.69, 9.17) is 16.9 Å². The summed E-state index contributed by atoms with van der Waals surface area (Å²) in [6.07, 6.45) is 0. The highest BCUT2D eigenvalue weighted by Gasteiger charge is 2.12. The van der Waals surface area contributed by atoms with E-state index in [1.54, 1.807) is 12.1 Å². The van der Waals surface area contributed by atoms with Crippen molar-refractivity contribution < 1.29 is 9.18 Å². The van der Waals surface area contributed by atoms with Gasteiger partial charge in [-0.1, -0.05) is 17.7 Å². The molecule has 0 fully saturated rings. The van der Waals surface area contributed by atoms with E-state index in [0.717, 1.165) is 6.07 Å². The van der Waals surface area contributed by atoms with Gasteiger partial charge in [0.05, 0.1) is 11.6 Å². The van der Waals surface area contributed by atoms with Crippen molar-refractivity contribution in [2.45, 2.75) is 6.92 Å². The molecule has 0 atom stereocenters. The quantitative estimate of drug-likeness (QED) is 0.863. The van der Waals surface area contributed by atoms with E-state index < -0.39 is 11.7 Å². The number of anilines is 1. The SMILES string of the molecule is Cc1c(F)cc(C#N)cc1NC(=O)c1cccc(Cl)n1. The highest BCUT2D eigenvalue weighted by atomic mass is 35.5. The zero-order valence-corrected chi connectivity index (χ0v) is 11.2. The summed E-state index contributed by atoms with van der Waals surface area (Å²) in [4.78, 5) is 15.9. The first-order valence-electron chi connectivity index (χ1n) is 5.65. The molecule has 0 unspecified atom stereocenters. The zero-order chi connectivity index (χ0) is 14.7. The molecule has 0 aliphatic heterocycles. The van der Waals surface area contributed by atoms with Gasteiger partial charge in [-0.15, -0.1) is 0 Å². The number of hydrogen-bond donors (Lipinski definition) is 1. The average molecular weight is 290 g/mol. The Morgan fingerprint density at radius 1 is 1.45 bits per heavy atom. The van der Waals surface area contributed by atoms with Gasteiger partial charge in [0.2, 0.25) is 0 Å². The molecule has 2 aromatic rings. The van der Waals surface area contributed by atoms with E-state index in [9.17, 15) is 9.18 Å². The van der Waals surface area contributed by atoms with Crippen LogP contribution < -0.4 is 5.32 Å². The molecule has 2 rings (SSSR count). The van der Waals surface area contributed by atoms with Gasteiger partial charge in [-0.2, -0.15) is 5.26 Å². The van der Waals surface area contributed by atoms with E-state index in [-0.39, 0.29) is 27.7 Å². The summed E-state index contributed by atoms with van der Waals surface area (Å²) in [6, 6.07) is 8.96. The fourth-order valence-electron chi connectivity index (χ4n) is 1.59. The molecule has 0 saturated heterocycles. The zero-order valence-electron chi connectivity index (χ0n) is 10.4. The molecule has 1 N–H and O–H groups in total. The van der Waals surface area contributed by atoms with Gasteiger partial charge in [-0.3, -0.25) is 4.79 Å². The summed E-state index contributed by atoms with van der Waals surface area (Å²) in [7, 11) is 0. The van der Waals surface area contributed by atoms with Crippen molar-refractivity contribution in [2.24, 2.45) is 0 Å². The van der Waals surface area contributed by atoms with Crippen LogP contribution in [-0.4, -0.2) is 10.9 Å². The number of pyridine rings is 1. The van der Waals surface area contributed by atoms with Crippen LogP contribution in [0.5, 0.6) is 0 Å². The van der Waals surface area contributed by atoms with Gasteiger partial charge in [0, 0.05) is 11.3 Å². The van der Waals surface area contributed by atoms with Crippen molar-refractivity contribution in [1.82, 2.24) is 4.98 Å². The summed E-state index contributed by atoms with van der Waals surface area (Å²) in [5.74, 6) is -1.08. The predicted molar refractivity (Wildman–Crippen MR) is 73.1 cm³/mol. The highest BCUT2D eigenvalue weighted by molar-refractivity contribution is 6.29. The fourth-order valence-corrected chi connectivity index (χ4v) is 1.76. The van der Waals surface area contributed by atoms with E-state index in [2.05, 4.69) is 10.3 Å². The third-order valence-electron chi connectivity index (χ3n) is 2.67. The maximum atomic E-state index is 13.6. The third-order valence-corrected chi connectivity index (χ3v) is 2.88. The number of nitrogens with one attached hydrogen (secondary N) is 1. The number of nitriles is 1. The standard InChI is InChI=1S/C14H9ClFN3O/c1-8-10(16)5-9(7-17)6-12(8)19-14(20)11-3-2-4-13(15)18-11/h2-6H,1H3,(H,19,20). The lowest BCUT2D eigenvalue weighted by molar-refractivity contribution is 0.102. The topological polar surface area (TPSA) is 65.8 Å². The Balaban J connectivity index is 2.33. The number of carbonyl (C=O) groups excluding carboxylic acids is 1. The molecule has 100 valence electrons. The number of aromatic nitrogens is 1. The van der Waals surface area contributed by atoms with Gasteiger partial charge in [0.1, 0.15) is 16.7 Å². The van der Waals surface area contributed by atoms with Gasteiger partial charge in [0.25, 0.3) is 5.91 Å². The minimum Gasteiger partial charge on any atom is -0.320 e. The van der Waals surface area contributed by atoms with Crippen molar-refractivity contribution >= 4 is 23.2 Å². The molecule has 1 heterocycles. The van der Waals surface area contributed by atoms with Crippen LogP contribution in [0.15, 0.2) is 30.3 Å². The van der Waals surface area contributed by atoms with Crippen LogP contribution in [0.2, 0.25) is 5.15 Å². The fraction of sp³-hybridized carbons (Fsp3) is 0.0714. The maximum absolute atomic E-state index is 13.6. The molecule has 20 heavy (non-hydrogen) atoms. The Kier molecular flexibility index (Phi) is 3.97. The molecule has 0 saturated carbocycles. The summed E-state index contributed by atoms with van der Waals surface area (Å²) < 4.78 is 13.6. The van der Waals surface area contributed by atoms with Crippen LogP contribution in [-0.2, 0) is 0 Å². The lowest BCUT2D eigenvalue weighted by Crippen LogP contribution is -2.15. The third kappa shape index (κ3) is 2.92. The number of nitrogens with zero attached hydrogens (tertiary/aromatic N) is 2. The molecular formula is C14H9ClFN3O. The summed E-state index contributed by atoms with van der Waals surface area (Å²) in [6.45, 7) is 1.51. The summed E-state index contributed by atoms with van der Waals surface area (Å²) in [5.41, 5.74) is 0.717. The average Bonchev–Trinajstić information content (AvgIpc) is 2.43. The van der Waals surface area contributed by atoms with Crippen molar-refractivity contribution in [3.05, 3.63) is 58.1 Å². The van der Waals surface area contributed by atoms with Gasteiger partial charge in [0.15, 0.2) is 0 Å². The smallest absolute Gasteiger partial charge is 0.274 e. The van der Waals surface area contributed by atoms with Crippen LogP contribution in [0.1, 0.15) is 21.6 Å². The first kappa shape index (κ1) is 14.0. The molecule has 0 bridgehead atoms. The van der Waals surface area contributed by atoms with E-state index in [1.807, 2.05) is 6.07 Å². The molecule has 6 heteroatoms. The minimum atomic E-state index is -0.557. The first-order chi connectivity index (χ1) is 9.51. The largest absolute Gasteiger partial charge is 0.320 e. The Bertz CT molecular complexity index is 725. The predicted octanol–water partition coefficient (Wildman–Crippen LogP) is 3.31. The first-order valence-corrected chi connectivity index (χ1v) is 6.03. The Labute approximate surface area is 119 Å². The van der Waals surface area contributed by atoms with Crippen LogP contribution in [0.3, 0.4) is 0 Å². The van der Waals surface area contributed by atoms with Gasteiger partial charge in [-0.25, -0.2) is 9.37 Å². The second-order valence-electron chi connectivity index (χ2n) is 4.04. The maximum Gasteiger partial charge on any atom is 0.274 e. The minimum absolute atomic E-state index is 0.111. The molecular weight excluding hydrogens is 281 g/mol. The lowest BCUT2D eigenvalue weighted by Gasteiger charge is -2.09. The van der Waals surface area contributed by atoms with Crippen LogP contribution in [0, 0.1) is 24.1 Å². The second kappa shape index (κ2) is 5.68. The Morgan fingerprint density at radius 2 is 2.20 bits per heavy atom. The normalized spacial score (nSPS) is 9.90. The van der Waals surface area contributed by atoms with Crippen LogP contribution in [0.25, 0.3) is 0 Å². The van der Waals surface area contributed by atoms with Crippen LogP contribution in [0.4, 0.5) is 10.1 Å². The summed E-state index contributed by atoms with van der Waals surface area (Å²) >= 11 is 5.70.